The van der Waals surface area contributed by atoms with Gasteiger partial charge in [-0.3, -0.25) is 0 Å². The summed E-state index contributed by atoms with van der Waals surface area (Å²) in [5.41, 5.74) is 7.67. The lowest BCUT2D eigenvalue weighted by Crippen LogP contribution is -2.39. The molecule has 0 aromatic heterocycles. The summed E-state index contributed by atoms with van der Waals surface area (Å²) in [5, 5.41) is -0.406. The molecule has 16 heavy (non-hydrogen) atoms. The molecule has 1 aliphatic rings. The molecular formula is C12H17NO2S. The maximum absolute atomic E-state index is 12.3. The zero-order valence-electron chi connectivity index (χ0n) is 9.77. The van der Waals surface area contributed by atoms with Crippen molar-refractivity contribution in [1.82, 2.24) is 0 Å². The first kappa shape index (κ1) is 11.6. The minimum absolute atomic E-state index is 0.0423. The second-order valence-electron chi connectivity index (χ2n) is 4.63. The highest BCUT2D eigenvalue weighted by Crippen LogP contribution is 2.39. The molecule has 0 spiro atoms. The van der Waals surface area contributed by atoms with Gasteiger partial charge in [-0.2, -0.15) is 0 Å². The van der Waals surface area contributed by atoms with E-state index in [4.69, 9.17) is 5.73 Å². The number of aryl methyl sites for hydroxylation is 1. The van der Waals surface area contributed by atoms with Crippen LogP contribution in [0.15, 0.2) is 23.1 Å². The molecule has 0 amide bonds. The van der Waals surface area contributed by atoms with E-state index in [2.05, 4.69) is 0 Å². The lowest BCUT2D eigenvalue weighted by molar-refractivity contribution is 0.424. The van der Waals surface area contributed by atoms with Gasteiger partial charge in [0.25, 0.3) is 0 Å². The van der Waals surface area contributed by atoms with Gasteiger partial charge in [0.15, 0.2) is 9.84 Å². The number of rotatable bonds is 0. The highest BCUT2D eigenvalue weighted by molar-refractivity contribution is 7.92. The molecule has 3 unspecified atom stereocenters. The molecule has 0 bridgehead atoms. The molecule has 0 radical (unpaired) electrons. The van der Waals surface area contributed by atoms with Gasteiger partial charge in [-0.15, -0.1) is 0 Å². The van der Waals surface area contributed by atoms with Gasteiger partial charge in [-0.05, 0) is 30.9 Å². The van der Waals surface area contributed by atoms with E-state index in [1.807, 2.05) is 32.0 Å². The van der Waals surface area contributed by atoms with Crippen molar-refractivity contribution >= 4 is 9.84 Å². The van der Waals surface area contributed by atoms with E-state index >= 15 is 0 Å². The van der Waals surface area contributed by atoms with E-state index in [-0.39, 0.29) is 12.0 Å². The molecule has 3 nitrogen and oxygen atoms in total. The fourth-order valence-electron chi connectivity index (χ4n) is 2.37. The van der Waals surface area contributed by atoms with Crippen LogP contribution in [0.4, 0.5) is 0 Å². The van der Waals surface area contributed by atoms with Crippen LogP contribution in [-0.2, 0) is 9.84 Å². The molecule has 1 heterocycles. The highest BCUT2D eigenvalue weighted by Gasteiger charge is 2.40. The minimum Gasteiger partial charge on any atom is -0.324 e. The molecule has 0 saturated carbocycles. The van der Waals surface area contributed by atoms with E-state index in [1.165, 1.54) is 0 Å². The molecule has 0 saturated heterocycles. The number of sulfone groups is 1. The fraction of sp³-hybridized carbons (Fsp3) is 0.500. The number of fused-ring (bicyclic) bond motifs is 1. The Bertz CT molecular complexity index is 522. The zero-order chi connectivity index (χ0) is 12.1. The van der Waals surface area contributed by atoms with Gasteiger partial charge in [-0.25, -0.2) is 8.42 Å². The van der Waals surface area contributed by atoms with Crippen LogP contribution in [0.1, 0.15) is 31.0 Å². The summed E-state index contributed by atoms with van der Waals surface area (Å²) in [6, 6.07) is 5.33. The van der Waals surface area contributed by atoms with Gasteiger partial charge in [0.1, 0.15) is 0 Å². The second-order valence-corrected chi connectivity index (χ2v) is 6.87. The fourth-order valence-corrected chi connectivity index (χ4v) is 4.53. The summed E-state index contributed by atoms with van der Waals surface area (Å²) in [7, 11) is -3.21. The van der Waals surface area contributed by atoms with E-state index in [0.29, 0.717) is 4.90 Å². The lowest BCUT2D eigenvalue weighted by Gasteiger charge is -2.34. The van der Waals surface area contributed by atoms with Gasteiger partial charge in [0.05, 0.1) is 10.1 Å². The van der Waals surface area contributed by atoms with Crippen LogP contribution in [-0.4, -0.2) is 13.7 Å². The summed E-state index contributed by atoms with van der Waals surface area (Å²) in [6.45, 7) is 5.47. The van der Waals surface area contributed by atoms with Crippen molar-refractivity contribution < 1.29 is 8.42 Å². The van der Waals surface area contributed by atoms with Crippen molar-refractivity contribution in [3.8, 4) is 0 Å². The average Bonchev–Trinajstić information content (AvgIpc) is 2.23. The Morgan fingerprint density at radius 3 is 2.50 bits per heavy atom. The topological polar surface area (TPSA) is 60.2 Å². The van der Waals surface area contributed by atoms with Crippen LogP contribution in [0.3, 0.4) is 0 Å². The minimum atomic E-state index is -3.21. The Morgan fingerprint density at radius 2 is 1.88 bits per heavy atom. The first-order valence-corrected chi connectivity index (χ1v) is 7.01. The summed E-state index contributed by atoms with van der Waals surface area (Å²) >= 11 is 0. The molecule has 1 aliphatic heterocycles. The van der Waals surface area contributed by atoms with E-state index in [1.54, 1.807) is 6.92 Å². The van der Waals surface area contributed by atoms with E-state index < -0.39 is 15.1 Å². The van der Waals surface area contributed by atoms with Crippen LogP contribution >= 0.6 is 0 Å². The second kappa shape index (κ2) is 3.57. The third-order valence-corrected chi connectivity index (χ3v) is 6.22. The lowest BCUT2D eigenvalue weighted by atomic mass is 9.91. The standard InChI is InChI=1S/C12H17NO2S/c1-7-5-4-6-10-11(13)8(2)9(3)16(14,15)12(7)10/h4-6,8-9,11H,13H2,1-3H3. The first-order chi connectivity index (χ1) is 7.37. The molecule has 3 atom stereocenters. The maximum atomic E-state index is 12.3. The van der Waals surface area contributed by atoms with Gasteiger partial charge in [0, 0.05) is 6.04 Å². The third kappa shape index (κ3) is 1.40. The zero-order valence-corrected chi connectivity index (χ0v) is 10.6. The molecule has 1 aromatic carbocycles. The predicted octanol–water partition coefficient (Wildman–Crippen LogP) is 1.81. The molecule has 4 heteroatoms. The van der Waals surface area contributed by atoms with Crippen molar-refractivity contribution in [1.29, 1.82) is 0 Å². The maximum Gasteiger partial charge on any atom is 0.181 e. The average molecular weight is 239 g/mol. The van der Waals surface area contributed by atoms with E-state index in [0.717, 1.165) is 11.1 Å². The number of hydrogen-bond acceptors (Lipinski definition) is 3. The van der Waals surface area contributed by atoms with Crippen molar-refractivity contribution in [3.05, 3.63) is 29.3 Å². The summed E-state index contributed by atoms with van der Waals surface area (Å²) < 4.78 is 24.7. The SMILES string of the molecule is Cc1cccc2c1S(=O)(=O)C(C)C(C)C2N. The van der Waals surface area contributed by atoms with Gasteiger partial charge >= 0.3 is 0 Å². The highest BCUT2D eigenvalue weighted by atomic mass is 32.2. The number of benzene rings is 1. The smallest absolute Gasteiger partial charge is 0.181 e. The molecular weight excluding hydrogens is 222 g/mol. The van der Waals surface area contributed by atoms with Crippen LogP contribution in [0.2, 0.25) is 0 Å². The Labute approximate surface area is 96.6 Å². The molecule has 88 valence electrons. The molecule has 2 rings (SSSR count). The van der Waals surface area contributed by atoms with Gasteiger partial charge < -0.3 is 5.73 Å². The largest absolute Gasteiger partial charge is 0.324 e. The third-order valence-electron chi connectivity index (χ3n) is 3.68. The van der Waals surface area contributed by atoms with Crippen LogP contribution < -0.4 is 5.73 Å². The number of hydrogen-bond donors (Lipinski definition) is 1. The normalized spacial score (nSPS) is 32.1. The van der Waals surface area contributed by atoms with Gasteiger partial charge in [0.2, 0.25) is 0 Å². The Kier molecular flexibility index (Phi) is 2.59. The van der Waals surface area contributed by atoms with Crippen molar-refractivity contribution in [2.45, 2.75) is 37.0 Å². The predicted molar refractivity (Wildman–Crippen MR) is 63.9 cm³/mol. The monoisotopic (exact) mass is 239 g/mol. The molecule has 0 fully saturated rings. The Balaban J connectivity index is 2.80. The van der Waals surface area contributed by atoms with Crippen molar-refractivity contribution in [2.75, 3.05) is 0 Å². The molecule has 1 aromatic rings. The quantitative estimate of drug-likeness (QED) is 0.751. The first-order valence-electron chi connectivity index (χ1n) is 5.46. The van der Waals surface area contributed by atoms with E-state index in [9.17, 15) is 8.42 Å². The number of nitrogens with two attached hydrogens (primary N) is 1. The van der Waals surface area contributed by atoms with Crippen molar-refractivity contribution in [2.24, 2.45) is 11.7 Å². The summed E-state index contributed by atoms with van der Waals surface area (Å²) in [4.78, 5) is 0.452. The van der Waals surface area contributed by atoms with Crippen LogP contribution in [0.5, 0.6) is 0 Å². The molecule has 0 aliphatic carbocycles. The van der Waals surface area contributed by atoms with Gasteiger partial charge in [-0.1, -0.05) is 25.1 Å². The molecule has 2 N–H and O–H groups in total. The summed E-state index contributed by atoms with van der Waals surface area (Å²) in [6.07, 6.45) is 0. The Morgan fingerprint density at radius 1 is 1.25 bits per heavy atom. The van der Waals surface area contributed by atoms with Crippen LogP contribution in [0, 0.1) is 12.8 Å². The Hall–Kier alpha value is -0.870. The summed E-state index contributed by atoms with van der Waals surface area (Å²) in [5.74, 6) is -0.0423. The van der Waals surface area contributed by atoms with Crippen molar-refractivity contribution in [3.63, 3.8) is 0 Å². The van der Waals surface area contributed by atoms with Crippen LogP contribution in [0.25, 0.3) is 0 Å².